The summed E-state index contributed by atoms with van der Waals surface area (Å²) in [5, 5.41) is 29.4. The van der Waals surface area contributed by atoms with E-state index in [0.717, 1.165) is 18.9 Å². The molecule has 1 aliphatic rings. The summed E-state index contributed by atoms with van der Waals surface area (Å²) in [6.07, 6.45) is 8.07. The summed E-state index contributed by atoms with van der Waals surface area (Å²) in [6.45, 7) is 5.29. The van der Waals surface area contributed by atoms with E-state index >= 15 is 0 Å². The fourth-order valence-electron chi connectivity index (χ4n) is 5.14. The topological polar surface area (TPSA) is 197 Å². The maximum absolute atomic E-state index is 13.5. The molecule has 1 aliphatic heterocycles. The van der Waals surface area contributed by atoms with Crippen molar-refractivity contribution < 1.29 is 39.3 Å². The summed E-state index contributed by atoms with van der Waals surface area (Å²) in [5.41, 5.74) is -1.85. The van der Waals surface area contributed by atoms with Gasteiger partial charge in [0.1, 0.15) is 11.1 Å². The van der Waals surface area contributed by atoms with Crippen LogP contribution in [-0.4, -0.2) is 65.7 Å². The molecule has 1 saturated heterocycles. The minimum Gasteiger partial charge on any atom is -0.494 e. The van der Waals surface area contributed by atoms with Gasteiger partial charge in [-0.15, -0.1) is 0 Å². The number of carbonyl (C=O) groups excluding carboxylic acids is 3. The van der Waals surface area contributed by atoms with Gasteiger partial charge in [0.05, 0.1) is 22.5 Å². The molecule has 3 N–H and O–H groups in total. The second kappa shape index (κ2) is 15.1. The van der Waals surface area contributed by atoms with E-state index in [-0.39, 0.29) is 46.7 Å². The van der Waals surface area contributed by atoms with Crippen LogP contribution in [0.5, 0.6) is 5.88 Å². The second-order valence-electron chi connectivity index (χ2n) is 11.0. The van der Waals surface area contributed by atoms with Gasteiger partial charge in [-0.05, 0) is 79.9 Å². The Hall–Kier alpha value is -6.31. The number of aromatic nitrogens is 2. The maximum atomic E-state index is 13.5. The number of aromatic hydroxyl groups is 1. The number of carboxylic acids is 2. The average molecular weight is 671 g/mol. The van der Waals surface area contributed by atoms with Crippen LogP contribution < -0.4 is 16.1 Å². The molecular weight excluding hydrogens is 636 g/mol. The van der Waals surface area contributed by atoms with Crippen molar-refractivity contribution in [3.8, 4) is 11.6 Å². The van der Waals surface area contributed by atoms with E-state index in [9.17, 15) is 48.9 Å². The number of urea groups is 1. The third kappa shape index (κ3) is 7.17. The fourth-order valence-corrected chi connectivity index (χ4v) is 5.14. The normalized spacial score (nSPS) is 14.5. The van der Waals surface area contributed by atoms with E-state index in [1.54, 1.807) is 6.92 Å². The van der Waals surface area contributed by atoms with Crippen molar-refractivity contribution in [2.75, 3.05) is 11.4 Å². The number of hydrogen-bond acceptors (Lipinski definition) is 8. The number of carbonyl (C=O) groups is 5. The predicted molar refractivity (Wildman–Crippen MR) is 179 cm³/mol. The van der Waals surface area contributed by atoms with Crippen molar-refractivity contribution >= 4 is 41.5 Å². The van der Waals surface area contributed by atoms with E-state index in [0.29, 0.717) is 24.8 Å². The molecule has 2 heterocycles. The van der Waals surface area contributed by atoms with Gasteiger partial charge in [-0.1, -0.05) is 38.5 Å². The molecule has 1 aromatic heterocycles. The zero-order valence-corrected chi connectivity index (χ0v) is 27.0. The zero-order chi connectivity index (χ0) is 36.0. The molecule has 4 rings (SSSR count). The molecule has 0 saturated carbocycles. The first-order valence-electron chi connectivity index (χ1n) is 15.4. The molecule has 14 nitrogen and oxygen atoms in total. The third-order valence-electron chi connectivity index (χ3n) is 7.69. The Morgan fingerprint density at radius 3 is 2.06 bits per heavy atom. The Labute approximate surface area is 279 Å². The lowest BCUT2D eigenvalue weighted by Crippen LogP contribution is -2.56. The van der Waals surface area contributed by atoms with Crippen molar-refractivity contribution in [3.63, 3.8) is 0 Å². The smallest absolute Gasteiger partial charge is 0.338 e. The van der Waals surface area contributed by atoms with Crippen LogP contribution >= 0.6 is 0 Å². The van der Waals surface area contributed by atoms with Crippen LogP contribution in [0.2, 0.25) is 0 Å². The van der Waals surface area contributed by atoms with E-state index in [1.165, 1.54) is 79.8 Å². The maximum Gasteiger partial charge on any atom is 0.338 e. The van der Waals surface area contributed by atoms with Crippen LogP contribution in [0, 0.1) is 6.92 Å². The molecule has 49 heavy (non-hydrogen) atoms. The summed E-state index contributed by atoms with van der Waals surface area (Å²) < 4.78 is 1.82. The van der Waals surface area contributed by atoms with Gasteiger partial charge in [-0.25, -0.2) is 28.6 Å². The van der Waals surface area contributed by atoms with Crippen LogP contribution in [0.4, 0.5) is 10.5 Å². The SMILES string of the molecule is CCCCN1C(=O)\C(=C/C=C/C=C/c2c(O)n(CCC)c(=O)n(-c3ccc(C(=O)O)cc3)c2=O)C(=O)N(c2ccc(C(=O)O)c(C)c2)C1=O. The molecule has 254 valence electrons. The second-order valence-corrected chi connectivity index (χ2v) is 11.0. The Morgan fingerprint density at radius 1 is 0.796 bits per heavy atom. The highest BCUT2D eigenvalue weighted by atomic mass is 16.4. The number of amides is 4. The molecule has 0 bridgehead atoms. The lowest BCUT2D eigenvalue weighted by molar-refractivity contribution is -0.129. The Morgan fingerprint density at radius 2 is 1.47 bits per heavy atom. The van der Waals surface area contributed by atoms with Gasteiger partial charge < -0.3 is 15.3 Å². The highest BCUT2D eigenvalue weighted by Gasteiger charge is 2.42. The quantitative estimate of drug-likeness (QED) is 0.143. The summed E-state index contributed by atoms with van der Waals surface area (Å²) in [4.78, 5) is 91.2. The summed E-state index contributed by atoms with van der Waals surface area (Å²) in [5.74, 6) is -4.67. The number of hydrogen-bond donors (Lipinski definition) is 3. The van der Waals surface area contributed by atoms with Crippen molar-refractivity contribution in [2.45, 2.75) is 46.6 Å². The molecule has 3 aromatic rings. The van der Waals surface area contributed by atoms with E-state index in [1.807, 2.05) is 6.92 Å². The molecule has 14 heteroatoms. The lowest BCUT2D eigenvalue weighted by atomic mass is 10.0. The van der Waals surface area contributed by atoms with Crippen molar-refractivity contribution in [1.29, 1.82) is 0 Å². The third-order valence-corrected chi connectivity index (χ3v) is 7.69. The van der Waals surface area contributed by atoms with Gasteiger partial charge in [0, 0.05) is 13.1 Å². The minimum absolute atomic E-state index is 0.0101. The zero-order valence-electron chi connectivity index (χ0n) is 27.0. The van der Waals surface area contributed by atoms with Gasteiger partial charge in [0.25, 0.3) is 17.4 Å². The van der Waals surface area contributed by atoms with E-state index in [4.69, 9.17) is 0 Å². The summed E-state index contributed by atoms with van der Waals surface area (Å²) in [6, 6.07) is 8.18. The van der Waals surface area contributed by atoms with Gasteiger partial charge in [0.15, 0.2) is 0 Å². The number of barbiturate groups is 1. The van der Waals surface area contributed by atoms with Crippen LogP contribution in [0.1, 0.15) is 65.0 Å². The number of aryl methyl sites for hydroxylation is 1. The number of nitrogens with zero attached hydrogens (tertiary/aromatic N) is 4. The number of benzene rings is 2. The molecule has 0 unspecified atom stereocenters. The van der Waals surface area contributed by atoms with Crippen molar-refractivity contribution in [1.82, 2.24) is 14.0 Å². The van der Waals surface area contributed by atoms with Crippen molar-refractivity contribution in [3.05, 3.63) is 115 Å². The van der Waals surface area contributed by atoms with Gasteiger partial charge in [-0.2, -0.15) is 0 Å². The minimum atomic E-state index is -1.19. The van der Waals surface area contributed by atoms with Crippen LogP contribution in [0.15, 0.2) is 81.9 Å². The molecule has 0 atom stereocenters. The lowest BCUT2D eigenvalue weighted by Gasteiger charge is -2.34. The number of unbranched alkanes of at least 4 members (excludes halogenated alkanes) is 1. The fraction of sp³-hybridized carbons (Fsp3) is 0.229. The Bertz CT molecular complexity index is 2050. The summed E-state index contributed by atoms with van der Waals surface area (Å²) in [7, 11) is 0. The van der Waals surface area contributed by atoms with Gasteiger partial charge in [0.2, 0.25) is 5.88 Å². The molecule has 4 amide bonds. The average Bonchev–Trinajstić information content (AvgIpc) is 3.05. The predicted octanol–water partition coefficient (Wildman–Crippen LogP) is 4.11. The molecule has 0 aliphatic carbocycles. The van der Waals surface area contributed by atoms with Crippen LogP contribution in [-0.2, 0) is 16.1 Å². The number of anilines is 1. The van der Waals surface area contributed by atoms with Gasteiger partial charge in [-0.3, -0.25) is 23.9 Å². The first-order valence-corrected chi connectivity index (χ1v) is 15.4. The first-order chi connectivity index (χ1) is 23.3. The molecule has 2 aromatic carbocycles. The number of imide groups is 2. The van der Waals surface area contributed by atoms with E-state index in [2.05, 4.69) is 0 Å². The monoisotopic (exact) mass is 670 g/mol. The number of allylic oxidation sites excluding steroid dienone is 4. The van der Waals surface area contributed by atoms with Gasteiger partial charge >= 0.3 is 23.7 Å². The Balaban J connectivity index is 1.72. The number of aromatic carboxylic acids is 2. The molecule has 1 fully saturated rings. The summed E-state index contributed by atoms with van der Waals surface area (Å²) >= 11 is 0. The molecule has 0 radical (unpaired) electrons. The first kappa shape index (κ1) is 35.5. The van der Waals surface area contributed by atoms with Crippen molar-refractivity contribution in [2.24, 2.45) is 0 Å². The highest BCUT2D eigenvalue weighted by molar-refractivity contribution is 6.37. The van der Waals surface area contributed by atoms with Crippen LogP contribution in [0.25, 0.3) is 11.8 Å². The highest BCUT2D eigenvalue weighted by Crippen LogP contribution is 2.27. The largest absolute Gasteiger partial charge is 0.494 e. The van der Waals surface area contributed by atoms with E-state index < -0.39 is 46.9 Å². The molecule has 0 spiro atoms. The Kier molecular flexibility index (Phi) is 10.9. The number of carboxylic acid groups (broad SMARTS) is 2. The molecular formula is C35H34N4O10. The number of rotatable bonds is 12. The standard InChI is InChI=1S/C35H34N4O10/c1-4-6-19-37-29(41)27(31(43)39(35(37)49)24-16-17-25(33(46)47)21(3)20-24)11-9-7-8-10-26-28(40)36(18-5-2)34(48)38(30(26)42)23-14-12-22(13-15-23)32(44)45/h7-17,20,40H,4-6,18-19H2,1-3H3,(H,44,45)(H,46,47)/b9-7+,10-8+,27-11+. The van der Waals surface area contributed by atoms with Crippen LogP contribution in [0.3, 0.4) is 0 Å².